The summed E-state index contributed by atoms with van der Waals surface area (Å²) in [6, 6.07) is 0.819. The average Bonchev–Trinajstić information content (AvgIpc) is 2.70. The number of nitrogens with zero attached hydrogens (tertiary/aromatic N) is 2. The number of likely N-dealkylation sites (tertiary alicyclic amines) is 1. The molecular formula is C7H12N2O. The van der Waals surface area contributed by atoms with E-state index in [1.54, 1.807) is 0 Å². The second-order valence-corrected chi connectivity index (χ2v) is 3.12. The smallest absolute Gasteiger partial charge is 0.0723 e. The normalized spacial score (nSPS) is 31.8. The minimum atomic E-state index is 0.819. The molecule has 1 aliphatic carbocycles. The zero-order valence-corrected chi connectivity index (χ0v) is 5.95. The van der Waals surface area contributed by atoms with Crippen molar-refractivity contribution in [2.24, 2.45) is 5.16 Å². The molecule has 2 fully saturated rings. The minimum Gasteiger partial charge on any atom is -0.411 e. The summed E-state index contributed by atoms with van der Waals surface area (Å²) >= 11 is 0. The highest BCUT2D eigenvalue weighted by molar-refractivity contribution is 5.87. The van der Waals surface area contributed by atoms with Gasteiger partial charge in [-0.3, -0.25) is 4.90 Å². The molecule has 2 aliphatic rings. The predicted molar refractivity (Wildman–Crippen MR) is 38.4 cm³/mol. The molecule has 1 heterocycles. The standard InChI is InChI=1S/C7H12N2O/c10-8-6-3-4-9(5-6)7-1-2-7/h7,10H,1-5H2/b8-6-. The molecule has 3 heteroatoms. The van der Waals surface area contributed by atoms with Gasteiger partial charge in [0, 0.05) is 25.6 Å². The molecule has 1 saturated heterocycles. The third-order valence-corrected chi connectivity index (χ3v) is 2.28. The van der Waals surface area contributed by atoms with Crippen LogP contribution in [0.15, 0.2) is 5.16 Å². The van der Waals surface area contributed by atoms with Crippen LogP contribution in [-0.2, 0) is 0 Å². The maximum Gasteiger partial charge on any atom is 0.0723 e. The molecule has 0 amide bonds. The van der Waals surface area contributed by atoms with Crippen molar-refractivity contribution in [2.75, 3.05) is 13.1 Å². The Hall–Kier alpha value is -0.570. The number of hydrogen-bond acceptors (Lipinski definition) is 3. The third-order valence-electron chi connectivity index (χ3n) is 2.28. The Morgan fingerprint density at radius 3 is 2.80 bits per heavy atom. The van der Waals surface area contributed by atoms with Crippen LogP contribution in [0.2, 0.25) is 0 Å². The van der Waals surface area contributed by atoms with E-state index in [1.807, 2.05) is 0 Å². The van der Waals surface area contributed by atoms with Gasteiger partial charge in [-0.05, 0) is 12.8 Å². The highest BCUT2D eigenvalue weighted by atomic mass is 16.4. The Kier molecular flexibility index (Phi) is 1.38. The zero-order chi connectivity index (χ0) is 6.97. The number of oxime groups is 1. The Labute approximate surface area is 60.3 Å². The molecule has 0 spiro atoms. The van der Waals surface area contributed by atoms with Crippen LogP contribution in [0.5, 0.6) is 0 Å². The summed E-state index contributed by atoms with van der Waals surface area (Å²) in [7, 11) is 0. The molecule has 0 radical (unpaired) electrons. The summed E-state index contributed by atoms with van der Waals surface area (Å²) in [5.74, 6) is 0. The molecule has 56 valence electrons. The Morgan fingerprint density at radius 2 is 2.30 bits per heavy atom. The number of hydrogen-bond donors (Lipinski definition) is 1. The molecule has 2 rings (SSSR count). The predicted octanol–water partition coefficient (Wildman–Crippen LogP) is 0.685. The zero-order valence-electron chi connectivity index (χ0n) is 5.95. The summed E-state index contributed by atoms with van der Waals surface area (Å²) in [5, 5.41) is 11.7. The highest BCUT2D eigenvalue weighted by Crippen LogP contribution is 2.28. The fourth-order valence-corrected chi connectivity index (χ4v) is 1.50. The lowest BCUT2D eigenvalue weighted by molar-refractivity contribution is 0.313. The van der Waals surface area contributed by atoms with Crippen LogP contribution in [0.4, 0.5) is 0 Å². The summed E-state index contributed by atoms with van der Waals surface area (Å²) in [5.41, 5.74) is 0.951. The second kappa shape index (κ2) is 2.23. The Bertz CT molecular complexity index is 163. The molecule has 0 aromatic carbocycles. The third kappa shape index (κ3) is 1.01. The maximum atomic E-state index is 8.45. The Balaban J connectivity index is 1.92. The fourth-order valence-electron chi connectivity index (χ4n) is 1.50. The molecule has 0 atom stereocenters. The van der Waals surface area contributed by atoms with E-state index in [9.17, 15) is 0 Å². The second-order valence-electron chi connectivity index (χ2n) is 3.12. The lowest BCUT2D eigenvalue weighted by Gasteiger charge is -2.10. The first-order chi connectivity index (χ1) is 4.90. The van der Waals surface area contributed by atoms with Crippen molar-refractivity contribution in [1.29, 1.82) is 0 Å². The van der Waals surface area contributed by atoms with Crippen LogP contribution < -0.4 is 0 Å². The van der Waals surface area contributed by atoms with Crippen LogP contribution in [-0.4, -0.2) is 35.0 Å². The van der Waals surface area contributed by atoms with Crippen molar-refractivity contribution >= 4 is 5.71 Å². The van der Waals surface area contributed by atoms with E-state index in [2.05, 4.69) is 10.1 Å². The molecule has 0 bridgehead atoms. The van der Waals surface area contributed by atoms with E-state index in [0.29, 0.717) is 0 Å². The van der Waals surface area contributed by atoms with Gasteiger partial charge in [-0.1, -0.05) is 5.16 Å². The fraction of sp³-hybridized carbons (Fsp3) is 0.857. The molecule has 0 aromatic heterocycles. The van der Waals surface area contributed by atoms with Crippen molar-refractivity contribution in [3.8, 4) is 0 Å². The van der Waals surface area contributed by atoms with E-state index in [1.165, 1.54) is 12.8 Å². The van der Waals surface area contributed by atoms with Gasteiger partial charge in [0.15, 0.2) is 0 Å². The van der Waals surface area contributed by atoms with Gasteiger partial charge in [-0.15, -0.1) is 0 Å². The molecule has 1 aliphatic heterocycles. The molecule has 10 heavy (non-hydrogen) atoms. The minimum absolute atomic E-state index is 0.819. The van der Waals surface area contributed by atoms with Crippen LogP contribution in [0, 0.1) is 0 Å². The summed E-state index contributed by atoms with van der Waals surface area (Å²) in [6.07, 6.45) is 3.66. The van der Waals surface area contributed by atoms with E-state index in [0.717, 1.165) is 31.3 Å². The quantitative estimate of drug-likeness (QED) is 0.429. The maximum absolute atomic E-state index is 8.45. The molecule has 3 nitrogen and oxygen atoms in total. The molecule has 0 aromatic rings. The van der Waals surface area contributed by atoms with Crippen molar-refractivity contribution in [3.63, 3.8) is 0 Å². The van der Waals surface area contributed by atoms with Crippen LogP contribution in [0.1, 0.15) is 19.3 Å². The van der Waals surface area contributed by atoms with Crippen molar-refractivity contribution < 1.29 is 5.21 Å². The molecule has 0 unspecified atom stereocenters. The summed E-state index contributed by atoms with van der Waals surface area (Å²) < 4.78 is 0. The Morgan fingerprint density at radius 1 is 1.50 bits per heavy atom. The topological polar surface area (TPSA) is 35.8 Å². The van der Waals surface area contributed by atoms with E-state index >= 15 is 0 Å². The largest absolute Gasteiger partial charge is 0.411 e. The van der Waals surface area contributed by atoms with Crippen LogP contribution in [0.25, 0.3) is 0 Å². The SMILES string of the molecule is O/N=C1/CCN(C2CC2)C1. The van der Waals surface area contributed by atoms with Crippen molar-refractivity contribution in [1.82, 2.24) is 4.90 Å². The van der Waals surface area contributed by atoms with Gasteiger partial charge in [-0.25, -0.2) is 0 Å². The van der Waals surface area contributed by atoms with Gasteiger partial charge >= 0.3 is 0 Å². The molecule has 1 N–H and O–H groups in total. The van der Waals surface area contributed by atoms with Gasteiger partial charge in [0.05, 0.1) is 5.71 Å². The first-order valence-electron chi connectivity index (χ1n) is 3.84. The van der Waals surface area contributed by atoms with Gasteiger partial charge < -0.3 is 5.21 Å². The first-order valence-corrected chi connectivity index (χ1v) is 3.84. The molecule has 1 saturated carbocycles. The lowest BCUT2D eigenvalue weighted by atomic mass is 10.3. The highest BCUT2D eigenvalue weighted by Gasteiger charge is 2.32. The summed E-state index contributed by atoms with van der Waals surface area (Å²) in [4.78, 5) is 2.40. The van der Waals surface area contributed by atoms with Crippen LogP contribution in [0.3, 0.4) is 0 Å². The monoisotopic (exact) mass is 140 g/mol. The van der Waals surface area contributed by atoms with Crippen molar-refractivity contribution in [2.45, 2.75) is 25.3 Å². The summed E-state index contributed by atoms with van der Waals surface area (Å²) in [6.45, 7) is 2.01. The lowest BCUT2D eigenvalue weighted by Crippen LogP contribution is -2.22. The van der Waals surface area contributed by atoms with E-state index < -0.39 is 0 Å². The number of rotatable bonds is 1. The van der Waals surface area contributed by atoms with Gasteiger partial charge in [-0.2, -0.15) is 0 Å². The van der Waals surface area contributed by atoms with E-state index in [4.69, 9.17) is 5.21 Å². The van der Waals surface area contributed by atoms with Crippen LogP contribution >= 0.6 is 0 Å². The van der Waals surface area contributed by atoms with Gasteiger partial charge in [0.1, 0.15) is 0 Å². The van der Waals surface area contributed by atoms with Gasteiger partial charge in [0.25, 0.3) is 0 Å². The molecular weight excluding hydrogens is 128 g/mol. The van der Waals surface area contributed by atoms with Gasteiger partial charge in [0.2, 0.25) is 0 Å². The first kappa shape index (κ1) is 6.16. The van der Waals surface area contributed by atoms with E-state index in [-0.39, 0.29) is 0 Å². The van der Waals surface area contributed by atoms with Crippen molar-refractivity contribution in [3.05, 3.63) is 0 Å². The average molecular weight is 140 g/mol.